The van der Waals surface area contributed by atoms with Crippen LogP contribution in [0.4, 0.5) is 4.79 Å². The van der Waals surface area contributed by atoms with Gasteiger partial charge in [-0.05, 0) is 55.4 Å². The zero-order valence-corrected chi connectivity index (χ0v) is 14.6. The van der Waals surface area contributed by atoms with E-state index in [0.717, 1.165) is 21.9 Å². The summed E-state index contributed by atoms with van der Waals surface area (Å²) < 4.78 is 1.95. The number of likely N-dealkylation sites (N-methyl/N-ethyl adjacent to an activating group) is 1. The molecule has 0 saturated carbocycles. The summed E-state index contributed by atoms with van der Waals surface area (Å²) in [5.74, 6) is -0.948. The lowest BCUT2D eigenvalue weighted by molar-refractivity contribution is 0.0697. The first-order valence-electron chi connectivity index (χ1n) is 7.53. The van der Waals surface area contributed by atoms with Gasteiger partial charge >= 0.3 is 5.97 Å². The predicted octanol–water partition coefficient (Wildman–Crippen LogP) is 3.93. The Labute approximate surface area is 144 Å². The van der Waals surface area contributed by atoms with Crippen molar-refractivity contribution in [2.24, 2.45) is 0 Å². The molecule has 3 rings (SSSR count). The van der Waals surface area contributed by atoms with E-state index in [2.05, 4.69) is 0 Å². The highest BCUT2D eigenvalue weighted by molar-refractivity contribution is 8.17. The second kappa shape index (κ2) is 6.20. The number of hydrogen-bond donors (Lipinski definition) is 1. The Morgan fingerprint density at radius 2 is 2.00 bits per heavy atom. The van der Waals surface area contributed by atoms with Crippen LogP contribution in [0.15, 0.2) is 35.2 Å². The molecule has 2 heterocycles. The van der Waals surface area contributed by atoms with E-state index in [1.165, 1.54) is 11.8 Å². The number of aromatic carboxylic acids is 1. The zero-order chi connectivity index (χ0) is 17.4. The van der Waals surface area contributed by atoms with E-state index in [4.69, 9.17) is 0 Å². The lowest BCUT2D eigenvalue weighted by atomic mass is 10.1. The van der Waals surface area contributed by atoms with E-state index in [9.17, 15) is 14.7 Å². The maximum atomic E-state index is 11.7. The number of benzene rings is 1. The van der Waals surface area contributed by atoms with Gasteiger partial charge in [0.25, 0.3) is 5.24 Å². The Morgan fingerprint density at radius 1 is 1.29 bits per heavy atom. The molecule has 1 aromatic heterocycles. The Morgan fingerprint density at radius 3 is 2.62 bits per heavy atom. The molecule has 0 bridgehead atoms. The van der Waals surface area contributed by atoms with E-state index in [1.54, 1.807) is 24.1 Å². The van der Waals surface area contributed by atoms with Crippen molar-refractivity contribution in [3.05, 3.63) is 57.8 Å². The fourth-order valence-corrected chi connectivity index (χ4v) is 3.81. The van der Waals surface area contributed by atoms with Gasteiger partial charge in [0.1, 0.15) is 0 Å². The van der Waals surface area contributed by atoms with Crippen molar-refractivity contribution in [3.8, 4) is 5.69 Å². The standard InChI is InChI=1S/C18H18N2O3S/c1-11-8-13(9-14-10-19(3)18(23)24-14)12(2)20(11)16-7-5-4-6-15(16)17(21)22/h4-9H,10H2,1-3H3,(H,21,22)/b14-9-. The Hall–Kier alpha value is -2.47. The molecule has 1 aromatic carbocycles. The monoisotopic (exact) mass is 342 g/mol. The largest absolute Gasteiger partial charge is 0.478 e. The Kier molecular flexibility index (Phi) is 4.24. The fraction of sp³-hybridized carbons (Fsp3) is 0.222. The summed E-state index contributed by atoms with van der Waals surface area (Å²) in [6, 6.07) is 8.99. The molecular formula is C18H18N2O3S. The summed E-state index contributed by atoms with van der Waals surface area (Å²) in [5.41, 5.74) is 3.82. The minimum absolute atomic E-state index is 0.0475. The molecule has 0 spiro atoms. The number of carboxylic acids is 1. The van der Waals surface area contributed by atoms with Crippen molar-refractivity contribution in [2.75, 3.05) is 13.6 Å². The number of carbonyl (C=O) groups is 2. The summed E-state index contributed by atoms with van der Waals surface area (Å²) in [6.45, 7) is 4.52. The quantitative estimate of drug-likeness (QED) is 0.918. The molecule has 0 unspecified atom stereocenters. The Balaban J connectivity index is 2.07. The average molecular weight is 342 g/mol. The van der Waals surface area contributed by atoms with Crippen molar-refractivity contribution in [3.63, 3.8) is 0 Å². The zero-order valence-electron chi connectivity index (χ0n) is 13.7. The maximum Gasteiger partial charge on any atom is 0.337 e. The van der Waals surface area contributed by atoms with E-state index >= 15 is 0 Å². The second-order valence-electron chi connectivity index (χ2n) is 5.82. The van der Waals surface area contributed by atoms with Crippen LogP contribution in [0.25, 0.3) is 11.8 Å². The number of thioether (sulfide) groups is 1. The molecule has 1 amide bonds. The summed E-state index contributed by atoms with van der Waals surface area (Å²) in [6.07, 6.45) is 2.01. The van der Waals surface area contributed by atoms with Crippen LogP contribution in [0, 0.1) is 13.8 Å². The molecule has 1 aliphatic rings. The third-order valence-corrected chi connectivity index (χ3v) is 5.08. The van der Waals surface area contributed by atoms with E-state index in [-0.39, 0.29) is 10.8 Å². The van der Waals surface area contributed by atoms with Crippen LogP contribution in [-0.4, -0.2) is 39.4 Å². The number of nitrogens with zero attached hydrogens (tertiary/aromatic N) is 2. The molecule has 0 aliphatic carbocycles. The van der Waals surface area contributed by atoms with Gasteiger partial charge in [-0.3, -0.25) is 4.79 Å². The third-order valence-electron chi connectivity index (χ3n) is 4.09. The number of carbonyl (C=O) groups excluding carboxylic acids is 1. The minimum atomic E-state index is -0.948. The number of amides is 1. The molecule has 6 heteroatoms. The molecular weight excluding hydrogens is 324 g/mol. The van der Waals surface area contributed by atoms with Crippen molar-refractivity contribution in [1.82, 2.24) is 9.47 Å². The van der Waals surface area contributed by atoms with Crippen LogP contribution < -0.4 is 0 Å². The van der Waals surface area contributed by atoms with E-state index in [1.807, 2.05) is 42.7 Å². The van der Waals surface area contributed by atoms with Crippen molar-refractivity contribution in [2.45, 2.75) is 13.8 Å². The normalized spacial score (nSPS) is 16.2. The summed E-state index contributed by atoms with van der Waals surface area (Å²) in [4.78, 5) is 25.8. The van der Waals surface area contributed by atoms with E-state index in [0.29, 0.717) is 12.2 Å². The average Bonchev–Trinajstić information content (AvgIpc) is 2.98. The molecule has 0 radical (unpaired) electrons. The van der Waals surface area contributed by atoms with Crippen molar-refractivity contribution in [1.29, 1.82) is 0 Å². The second-order valence-corrected chi connectivity index (χ2v) is 6.90. The van der Waals surface area contributed by atoms with Crippen LogP contribution in [0.1, 0.15) is 27.3 Å². The highest BCUT2D eigenvalue weighted by atomic mass is 32.2. The van der Waals surface area contributed by atoms with Crippen LogP contribution in [0.3, 0.4) is 0 Å². The van der Waals surface area contributed by atoms with Crippen LogP contribution >= 0.6 is 11.8 Å². The number of rotatable bonds is 3. The van der Waals surface area contributed by atoms with Crippen LogP contribution in [-0.2, 0) is 0 Å². The molecule has 24 heavy (non-hydrogen) atoms. The first-order valence-corrected chi connectivity index (χ1v) is 8.35. The number of carboxylic acid groups (broad SMARTS) is 1. The number of hydrogen-bond acceptors (Lipinski definition) is 3. The van der Waals surface area contributed by atoms with Gasteiger partial charge in [-0.1, -0.05) is 12.1 Å². The van der Waals surface area contributed by atoms with Gasteiger partial charge in [0.15, 0.2) is 0 Å². The molecule has 1 fully saturated rings. The maximum absolute atomic E-state index is 11.7. The molecule has 1 aliphatic heterocycles. The third kappa shape index (κ3) is 2.85. The summed E-state index contributed by atoms with van der Waals surface area (Å²) in [7, 11) is 1.78. The molecule has 0 atom stereocenters. The first kappa shape index (κ1) is 16.4. The Bertz CT molecular complexity index is 867. The van der Waals surface area contributed by atoms with Gasteiger partial charge in [0, 0.05) is 23.3 Å². The SMILES string of the molecule is Cc1cc(/C=C2/CN(C)C(=O)S2)c(C)n1-c1ccccc1C(=O)O. The predicted molar refractivity (Wildman–Crippen MR) is 95.8 cm³/mol. The smallest absolute Gasteiger partial charge is 0.337 e. The highest BCUT2D eigenvalue weighted by Crippen LogP contribution is 2.32. The fourth-order valence-electron chi connectivity index (χ4n) is 2.92. The van der Waals surface area contributed by atoms with Gasteiger partial charge in [-0.15, -0.1) is 0 Å². The molecule has 124 valence electrons. The molecule has 5 nitrogen and oxygen atoms in total. The number of aryl methyl sites for hydroxylation is 1. The lowest BCUT2D eigenvalue weighted by Gasteiger charge is -2.12. The van der Waals surface area contributed by atoms with Crippen molar-refractivity contribution >= 4 is 29.0 Å². The highest BCUT2D eigenvalue weighted by Gasteiger charge is 2.23. The van der Waals surface area contributed by atoms with Gasteiger partial charge in [0.05, 0.1) is 17.8 Å². The topological polar surface area (TPSA) is 62.5 Å². The van der Waals surface area contributed by atoms with E-state index < -0.39 is 5.97 Å². The molecule has 1 saturated heterocycles. The summed E-state index contributed by atoms with van der Waals surface area (Å²) >= 11 is 1.24. The number of aromatic nitrogens is 1. The van der Waals surface area contributed by atoms with Gasteiger partial charge in [0.2, 0.25) is 0 Å². The van der Waals surface area contributed by atoms with Crippen LogP contribution in [0.2, 0.25) is 0 Å². The first-order chi connectivity index (χ1) is 11.4. The molecule has 2 aromatic rings. The van der Waals surface area contributed by atoms with Crippen molar-refractivity contribution < 1.29 is 14.7 Å². The summed E-state index contributed by atoms with van der Waals surface area (Å²) in [5, 5.41) is 9.48. The van der Waals surface area contributed by atoms with Crippen LogP contribution in [0.5, 0.6) is 0 Å². The number of para-hydroxylation sites is 1. The van der Waals surface area contributed by atoms with Gasteiger partial charge in [-0.2, -0.15) is 0 Å². The minimum Gasteiger partial charge on any atom is -0.478 e. The molecule has 1 N–H and O–H groups in total. The lowest BCUT2D eigenvalue weighted by Crippen LogP contribution is -2.15. The van der Waals surface area contributed by atoms with Gasteiger partial charge in [-0.25, -0.2) is 4.79 Å². The van der Waals surface area contributed by atoms with Gasteiger partial charge < -0.3 is 14.6 Å².